The zero-order valence-electron chi connectivity index (χ0n) is 11.6. The Bertz CT molecular complexity index is 471. The van der Waals surface area contributed by atoms with Crippen LogP contribution in [0.4, 0.5) is 5.69 Å². The molecular formula is C15H21N3O2. The molecule has 1 aromatic carbocycles. The first kappa shape index (κ1) is 14.5. The van der Waals surface area contributed by atoms with Gasteiger partial charge in [0.25, 0.3) is 5.91 Å². The van der Waals surface area contributed by atoms with E-state index in [0.29, 0.717) is 25.1 Å². The molecule has 1 aromatic rings. The molecule has 0 atom stereocenters. The van der Waals surface area contributed by atoms with Gasteiger partial charge >= 0.3 is 0 Å². The summed E-state index contributed by atoms with van der Waals surface area (Å²) in [7, 11) is 0. The van der Waals surface area contributed by atoms with Crippen LogP contribution in [0.5, 0.6) is 0 Å². The molecule has 1 saturated heterocycles. The molecule has 0 radical (unpaired) electrons. The minimum atomic E-state index is -0.0821. The van der Waals surface area contributed by atoms with Crippen LogP contribution in [0.15, 0.2) is 24.3 Å². The van der Waals surface area contributed by atoms with Gasteiger partial charge in [-0.15, -0.1) is 0 Å². The largest absolute Gasteiger partial charge is 0.352 e. The summed E-state index contributed by atoms with van der Waals surface area (Å²) < 4.78 is 0. The molecule has 0 bridgehead atoms. The van der Waals surface area contributed by atoms with Crippen molar-refractivity contribution >= 4 is 17.5 Å². The number of hydrogen-bond donors (Lipinski definition) is 2. The van der Waals surface area contributed by atoms with Gasteiger partial charge in [-0.2, -0.15) is 0 Å². The monoisotopic (exact) mass is 275 g/mol. The maximum absolute atomic E-state index is 11.9. The average Bonchev–Trinajstić information content (AvgIpc) is 2.90. The third-order valence-electron chi connectivity index (χ3n) is 3.43. The SMILES string of the molecule is NCCCCNC(=O)c1ccc(N2CCCC2=O)cc1. The Morgan fingerprint density at radius 2 is 2.00 bits per heavy atom. The van der Waals surface area contributed by atoms with Gasteiger partial charge in [0.1, 0.15) is 0 Å². The Hall–Kier alpha value is -1.88. The maximum Gasteiger partial charge on any atom is 0.251 e. The van der Waals surface area contributed by atoms with E-state index in [1.807, 2.05) is 12.1 Å². The number of anilines is 1. The Kier molecular flexibility index (Phi) is 5.12. The number of carbonyl (C=O) groups is 2. The highest BCUT2D eigenvalue weighted by Crippen LogP contribution is 2.21. The van der Waals surface area contributed by atoms with Gasteiger partial charge in [0.2, 0.25) is 5.91 Å². The number of benzene rings is 1. The van der Waals surface area contributed by atoms with Gasteiger partial charge in [0, 0.05) is 30.8 Å². The quantitative estimate of drug-likeness (QED) is 0.768. The molecule has 5 heteroatoms. The predicted molar refractivity (Wildman–Crippen MR) is 78.7 cm³/mol. The molecule has 3 N–H and O–H groups in total. The summed E-state index contributed by atoms with van der Waals surface area (Å²) in [6.07, 6.45) is 3.32. The summed E-state index contributed by atoms with van der Waals surface area (Å²) in [6.45, 7) is 2.06. The van der Waals surface area contributed by atoms with Gasteiger partial charge in [-0.25, -0.2) is 0 Å². The molecule has 108 valence electrons. The summed E-state index contributed by atoms with van der Waals surface area (Å²) in [5.74, 6) is 0.0744. The van der Waals surface area contributed by atoms with Crippen molar-refractivity contribution in [1.29, 1.82) is 0 Å². The van der Waals surface area contributed by atoms with E-state index in [4.69, 9.17) is 5.73 Å². The number of amides is 2. The van der Waals surface area contributed by atoms with Gasteiger partial charge < -0.3 is 16.0 Å². The predicted octanol–water partition coefficient (Wildman–Crippen LogP) is 1.28. The molecule has 0 aliphatic carbocycles. The third-order valence-corrected chi connectivity index (χ3v) is 3.43. The normalized spacial score (nSPS) is 14.7. The Morgan fingerprint density at radius 3 is 2.60 bits per heavy atom. The Balaban J connectivity index is 1.90. The number of nitrogens with zero attached hydrogens (tertiary/aromatic N) is 1. The molecule has 1 heterocycles. The maximum atomic E-state index is 11.9. The van der Waals surface area contributed by atoms with E-state index < -0.39 is 0 Å². The summed E-state index contributed by atoms with van der Waals surface area (Å²) in [6, 6.07) is 7.19. The lowest BCUT2D eigenvalue weighted by molar-refractivity contribution is -0.117. The summed E-state index contributed by atoms with van der Waals surface area (Å²) >= 11 is 0. The van der Waals surface area contributed by atoms with Crippen LogP contribution in [0.3, 0.4) is 0 Å². The van der Waals surface area contributed by atoms with Crippen LogP contribution in [0, 0.1) is 0 Å². The number of rotatable bonds is 6. The zero-order valence-corrected chi connectivity index (χ0v) is 11.6. The van der Waals surface area contributed by atoms with Crippen molar-refractivity contribution in [3.8, 4) is 0 Å². The topological polar surface area (TPSA) is 75.4 Å². The molecule has 1 fully saturated rings. The van der Waals surface area contributed by atoms with Gasteiger partial charge in [-0.3, -0.25) is 9.59 Å². The summed E-state index contributed by atoms with van der Waals surface area (Å²) in [4.78, 5) is 25.3. The van der Waals surface area contributed by atoms with Crippen molar-refractivity contribution in [3.63, 3.8) is 0 Å². The number of hydrogen-bond acceptors (Lipinski definition) is 3. The minimum absolute atomic E-state index is 0.0821. The summed E-state index contributed by atoms with van der Waals surface area (Å²) in [5, 5.41) is 2.86. The van der Waals surface area contributed by atoms with E-state index >= 15 is 0 Å². The number of carbonyl (C=O) groups excluding carboxylic acids is 2. The fourth-order valence-corrected chi connectivity index (χ4v) is 2.29. The van der Waals surface area contributed by atoms with Crippen molar-refractivity contribution < 1.29 is 9.59 Å². The number of unbranched alkanes of at least 4 members (excludes halogenated alkanes) is 1. The second kappa shape index (κ2) is 7.05. The highest BCUT2D eigenvalue weighted by molar-refractivity contribution is 5.97. The lowest BCUT2D eigenvalue weighted by atomic mass is 10.2. The molecule has 0 unspecified atom stereocenters. The second-order valence-electron chi connectivity index (χ2n) is 4.95. The Morgan fingerprint density at radius 1 is 1.25 bits per heavy atom. The first-order valence-corrected chi connectivity index (χ1v) is 7.11. The van der Waals surface area contributed by atoms with E-state index in [9.17, 15) is 9.59 Å². The van der Waals surface area contributed by atoms with Crippen LogP contribution in [0.2, 0.25) is 0 Å². The molecule has 1 aliphatic rings. The van der Waals surface area contributed by atoms with Gasteiger partial charge in [0.15, 0.2) is 0 Å². The third kappa shape index (κ3) is 3.57. The van der Waals surface area contributed by atoms with Gasteiger partial charge in [-0.1, -0.05) is 0 Å². The van der Waals surface area contributed by atoms with Crippen molar-refractivity contribution in [2.45, 2.75) is 25.7 Å². The number of nitrogens with one attached hydrogen (secondary N) is 1. The van der Waals surface area contributed by atoms with Crippen LogP contribution in [-0.4, -0.2) is 31.4 Å². The van der Waals surface area contributed by atoms with E-state index in [-0.39, 0.29) is 11.8 Å². The molecule has 2 amide bonds. The van der Waals surface area contributed by atoms with Crippen molar-refractivity contribution in [2.75, 3.05) is 24.5 Å². The molecule has 0 aromatic heterocycles. The van der Waals surface area contributed by atoms with Gasteiger partial charge in [-0.05, 0) is 50.1 Å². The van der Waals surface area contributed by atoms with E-state index in [2.05, 4.69) is 5.32 Å². The minimum Gasteiger partial charge on any atom is -0.352 e. The van der Waals surface area contributed by atoms with Crippen LogP contribution >= 0.6 is 0 Å². The van der Waals surface area contributed by atoms with Crippen LogP contribution in [0.1, 0.15) is 36.0 Å². The molecule has 2 rings (SSSR count). The van der Waals surface area contributed by atoms with E-state index in [1.165, 1.54) is 0 Å². The Labute approximate surface area is 119 Å². The van der Waals surface area contributed by atoms with Crippen molar-refractivity contribution in [2.24, 2.45) is 5.73 Å². The first-order valence-electron chi connectivity index (χ1n) is 7.11. The molecule has 1 aliphatic heterocycles. The van der Waals surface area contributed by atoms with E-state index in [0.717, 1.165) is 31.5 Å². The molecule has 0 spiro atoms. The lowest BCUT2D eigenvalue weighted by Crippen LogP contribution is -2.26. The summed E-state index contributed by atoms with van der Waals surface area (Å²) in [5.41, 5.74) is 6.89. The van der Waals surface area contributed by atoms with Crippen LogP contribution in [-0.2, 0) is 4.79 Å². The van der Waals surface area contributed by atoms with Gasteiger partial charge in [0.05, 0.1) is 0 Å². The molecule has 5 nitrogen and oxygen atoms in total. The van der Waals surface area contributed by atoms with Crippen LogP contribution in [0.25, 0.3) is 0 Å². The number of nitrogens with two attached hydrogens (primary N) is 1. The second-order valence-corrected chi connectivity index (χ2v) is 4.95. The highest BCUT2D eigenvalue weighted by atomic mass is 16.2. The van der Waals surface area contributed by atoms with Crippen LogP contribution < -0.4 is 16.0 Å². The standard InChI is InChI=1S/C15H21N3O2/c16-9-1-2-10-17-15(20)12-5-7-13(8-6-12)18-11-3-4-14(18)19/h5-8H,1-4,9-11,16H2,(H,17,20). The lowest BCUT2D eigenvalue weighted by Gasteiger charge is -2.15. The average molecular weight is 275 g/mol. The first-order chi connectivity index (χ1) is 9.72. The molecule has 0 saturated carbocycles. The zero-order chi connectivity index (χ0) is 14.4. The van der Waals surface area contributed by atoms with Crippen molar-refractivity contribution in [3.05, 3.63) is 29.8 Å². The molecule has 20 heavy (non-hydrogen) atoms. The molecular weight excluding hydrogens is 254 g/mol. The van der Waals surface area contributed by atoms with Crippen molar-refractivity contribution in [1.82, 2.24) is 5.32 Å². The fourth-order valence-electron chi connectivity index (χ4n) is 2.29. The van der Waals surface area contributed by atoms with E-state index in [1.54, 1.807) is 17.0 Å². The fraction of sp³-hybridized carbons (Fsp3) is 0.467. The smallest absolute Gasteiger partial charge is 0.251 e. The highest BCUT2D eigenvalue weighted by Gasteiger charge is 2.21.